The highest BCUT2D eigenvalue weighted by atomic mass is 16.5. The fraction of sp³-hybridized carbons (Fsp3) is 0.154. The van der Waals surface area contributed by atoms with Crippen LogP contribution in [0.2, 0.25) is 0 Å². The molecule has 5 heteroatoms. The molecule has 0 bridgehead atoms. The summed E-state index contributed by atoms with van der Waals surface area (Å²) >= 11 is 0. The van der Waals surface area contributed by atoms with Gasteiger partial charge in [-0.15, -0.1) is 0 Å². The third kappa shape index (κ3) is 2.02. The number of nitrogens with one attached hydrogen (secondary N) is 1. The van der Waals surface area contributed by atoms with Gasteiger partial charge in [0.2, 0.25) is 0 Å². The average Bonchev–Trinajstić information content (AvgIpc) is 2.87. The lowest BCUT2D eigenvalue weighted by molar-refractivity contribution is 0.0698. The number of aromatic amines is 1. The zero-order valence-corrected chi connectivity index (χ0v) is 10.1. The number of benzene rings is 1. The Hall–Kier alpha value is -2.43. The van der Waals surface area contributed by atoms with Crippen LogP contribution in [0.5, 0.6) is 11.5 Å². The smallest absolute Gasteiger partial charge is 0.337 e. The van der Waals surface area contributed by atoms with E-state index in [0.29, 0.717) is 22.6 Å². The Morgan fingerprint density at radius 2 is 1.94 bits per heavy atom. The number of aromatic carboxylic acids is 1. The standard InChI is InChI=1S/C13H13NO4/c1-17-8-3-4-9(12(5-8)18-2)10-6-14-7-11(10)13(15)16/h3-7,14H,1-2H3,(H,15,16). The van der Waals surface area contributed by atoms with Gasteiger partial charge in [0.25, 0.3) is 0 Å². The first-order valence-corrected chi connectivity index (χ1v) is 5.30. The maximum atomic E-state index is 11.1. The summed E-state index contributed by atoms with van der Waals surface area (Å²) in [6.45, 7) is 0. The van der Waals surface area contributed by atoms with E-state index in [-0.39, 0.29) is 5.56 Å². The Morgan fingerprint density at radius 1 is 1.17 bits per heavy atom. The van der Waals surface area contributed by atoms with Crippen LogP contribution in [0.4, 0.5) is 0 Å². The molecule has 1 heterocycles. The summed E-state index contributed by atoms with van der Waals surface area (Å²) in [6.07, 6.45) is 3.08. The van der Waals surface area contributed by atoms with Crippen molar-refractivity contribution in [1.82, 2.24) is 4.98 Å². The Balaban J connectivity index is 2.56. The predicted octanol–water partition coefficient (Wildman–Crippen LogP) is 2.40. The van der Waals surface area contributed by atoms with Crippen molar-refractivity contribution in [2.24, 2.45) is 0 Å². The van der Waals surface area contributed by atoms with E-state index in [1.165, 1.54) is 13.3 Å². The molecule has 0 radical (unpaired) electrons. The second-order valence-electron chi connectivity index (χ2n) is 3.65. The summed E-state index contributed by atoms with van der Waals surface area (Å²) in [4.78, 5) is 13.9. The summed E-state index contributed by atoms with van der Waals surface area (Å²) < 4.78 is 10.4. The molecule has 1 aromatic carbocycles. The molecule has 0 unspecified atom stereocenters. The molecule has 0 spiro atoms. The van der Waals surface area contributed by atoms with Crippen molar-refractivity contribution in [3.05, 3.63) is 36.2 Å². The van der Waals surface area contributed by atoms with Crippen molar-refractivity contribution < 1.29 is 19.4 Å². The van der Waals surface area contributed by atoms with Crippen molar-refractivity contribution in [3.8, 4) is 22.6 Å². The van der Waals surface area contributed by atoms with E-state index in [9.17, 15) is 4.79 Å². The number of ether oxygens (including phenoxy) is 2. The molecule has 18 heavy (non-hydrogen) atoms. The van der Waals surface area contributed by atoms with Gasteiger partial charge in [0.05, 0.1) is 19.8 Å². The van der Waals surface area contributed by atoms with E-state index in [0.717, 1.165) is 0 Å². The summed E-state index contributed by atoms with van der Waals surface area (Å²) in [6, 6.07) is 5.25. The molecule has 2 aromatic rings. The highest BCUT2D eigenvalue weighted by Gasteiger charge is 2.16. The van der Waals surface area contributed by atoms with E-state index in [1.54, 1.807) is 31.5 Å². The monoisotopic (exact) mass is 247 g/mol. The van der Waals surface area contributed by atoms with Crippen LogP contribution in [0.3, 0.4) is 0 Å². The quantitative estimate of drug-likeness (QED) is 0.870. The van der Waals surface area contributed by atoms with Gasteiger partial charge in [-0.25, -0.2) is 4.79 Å². The summed E-state index contributed by atoms with van der Waals surface area (Å²) in [5, 5.41) is 9.09. The van der Waals surface area contributed by atoms with Gasteiger partial charge in [0, 0.05) is 29.6 Å². The second kappa shape index (κ2) is 4.83. The van der Waals surface area contributed by atoms with Crippen LogP contribution < -0.4 is 9.47 Å². The molecule has 0 saturated carbocycles. The number of hydrogen-bond acceptors (Lipinski definition) is 3. The number of aromatic nitrogens is 1. The van der Waals surface area contributed by atoms with Crippen molar-refractivity contribution in [3.63, 3.8) is 0 Å². The molecule has 1 aromatic heterocycles. The molecule has 5 nitrogen and oxygen atoms in total. The number of rotatable bonds is 4. The average molecular weight is 247 g/mol. The minimum atomic E-state index is -0.982. The predicted molar refractivity (Wildman–Crippen MR) is 66.3 cm³/mol. The zero-order valence-electron chi connectivity index (χ0n) is 10.1. The molecule has 0 aliphatic carbocycles. The normalized spacial score (nSPS) is 10.1. The lowest BCUT2D eigenvalue weighted by Crippen LogP contribution is -1.97. The summed E-state index contributed by atoms with van der Waals surface area (Å²) in [5.74, 6) is 0.239. The fourth-order valence-electron chi connectivity index (χ4n) is 1.78. The van der Waals surface area contributed by atoms with Crippen LogP contribution in [0.25, 0.3) is 11.1 Å². The molecule has 2 rings (SSSR count). The van der Waals surface area contributed by atoms with Gasteiger partial charge in [-0.3, -0.25) is 0 Å². The molecule has 0 amide bonds. The van der Waals surface area contributed by atoms with E-state index in [1.807, 2.05) is 0 Å². The third-order valence-corrected chi connectivity index (χ3v) is 2.67. The molecule has 0 atom stereocenters. The lowest BCUT2D eigenvalue weighted by atomic mass is 10.0. The molecule has 94 valence electrons. The number of methoxy groups -OCH3 is 2. The second-order valence-corrected chi connectivity index (χ2v) is 3.65. The van der Waals surface area contributed by atoms with Crippen molar-refractivity contribution >= 4 is 5.97 Å². The number of H-pyrrole nitrogens is 1. The van der Waals surface area contributed by atoms with Gasteiger partial charge in [-0.05, 0) is 12.1 Å². The zero-order chi connectivity index (χ0) is 13.1. The Morgan fingerprint density at radius 3 is 2.56 bits per heavy atom. The Labute approximate surface area is 104 Å². The molecule has 0 aliphatic rings. The van der Waals surface area contributed by atoms with Crippen LogP contribution in [0, 0.1) is 0 Å². The number of carboxylic acid groups (broad SMARTS) is 1. The first-order valence-electron chi connectivity index (χ1n) is 5.30. The molecule has 0 fully saturated rings. The third-order valence-electron chi connectivity index (χ3n) is 2.67. The van der Waals surface area contributed by atoms with E-state index < -0.39 is 5.97 Å². The van der Waals surface area contributed by atoms with E-state index in [2.05, 4.69) is 4.98 Å². The first kappa shape index (κ1) is 12.0. The molecule has 2 N–H and O–H groups in total. The van der Waals surface area contributed by atoms with Crippen molar-refractivity contribution in [1.29, 1.82) is 0 Å². The van der Waals surface area contributed by atoms with Crippen LogP contribution in [0.1, 0.15) is 10.4 Å². The number of carboxylic acids is 1. The first-order chi connectivity index (χ1) is 8.67. The van der Waals surface area contributed by atoms with E-state index in [4.69, 9.17) is 14.6 Å². The van der Waals surface area contributed by atoms with Gasteiger partial charge in [0.15, 0.2) is 0 Å². The Bertz CT molecular complexity index is 574. The summed E-state index contributed by atoms with van der Waals surface area (Å²) in [7, 11) is 3.10. The number of carbonyl (C=O) groups is 1. The topological polar surface area (TPSA) is 71.6 Å². The van der Waals surface area contributed by atoms with Gasteiger partial charge >= 0.3 is 5.97 Å². The number of hydrogen-bond donors (Lipinski definition) is 2. The molecule has 0 aliphatic heterocycles. The van der Waals surface area contributed by atoms with Gasteiger partial charge < -0.3 is 19.6 Å². The molecule has 0 saturated heterocycles. The van der Waals surface area contributed by atoms with Crippen molar-refractivity contribution in [2.45, 2.75) is 0 Å². The van der Waals surface area contributed by atoms with Gasteiger partial charge in [0.1, 0.15) is 11.5 Å². The maximum absolute atomic E-state index is 11.1. The maximum Gasteiger partial charge on any atom is 0.337 e. The van der Waals surface area contributed by atoms with Gasteiger partial charge in [-0.2, -0.15) is 0 Å². The van der Waals surface area contributed by atoms with Gasteiger partial charge in [-0.1, -0.05) is 0 Å². The highest BCUT2D eigenvalue weighted by Crippen LogP contribution is 2.35. The SMILES string of the molecule is COc1ccc(-c2c[nH]cc2C(=O)O)c(OC)c1. The Kier molecular flexibility index (Phi) is 3.23. The molecular weight excluding hydrogens is 234 g/mol. The van der Waals surface area contributed by atoms with Crippen LogP contribution in [0.15, 0.2) is 30.6 Å². The summed E-state index contributed by atoms with van der Waals surface area (Å²) in [5.41, 5.74) is 1.50. The van der Waals surface area contributed by atoms with E-state index >= 15 is 0 Å². The lowest BCUT2D eigenvalue weighted by Gasteiger charge is -2.10. The molecular formula is C13H13NO4. The van der Waals surface area contributed by atoms with Crippen LogP contribution in [-0.4, -0.2) is 30.3 Å². The highest BCUT2D eigenvalue weighted by molar-refractivity contribution is 5.96. The van der Waals surface area contributed by atoms with Crippen LogP contribution in [-0.2, 0) is 0 Å². The minimum Gasteiger partial charge on any atom is -0.497 e. The fourth-order valence-corrected chi connectivity index (χ4v) is 1.78. The largest absolute Gasteiger partial charge is 0.497 e. The minimum absolute atomic E-state index is 0.207. The van der Waals surface area contributed by atoms with Crippen molar-refractivity contribution in [2.75, 3.05) is 14.2 Å². The van der Waals surface area contributed by atoms with Crippen LogP contribution >= 0.6 is 0 Å².